The first kappa shape index (κ1) is 11.3. The molecule has 0 saturated carbocycles. The van der Waals surface area contributed by atoms with Crippen LogP contribution in [0.2, 0.25) is 0 Å². The lowest BCUT2D eigenvalue weighted by atomic mass is 10.2. The monoisotopic (exact) mass is 243 g/mol. The smallest absolute Gasteiger partial charge is 0.157 e. The topological polar surface area (TPSA) is 39.1 Å². The first-order chi connectivity index (χ1) is 8.92. The SMILES string of the molecule is c1ccc(COc2cnn(C3CCCN3)c2)cc1. The zero-order chi connectivity index (χ0) is 12.2. The van der Waals surface area contributed by atoms with Crippen molar-refractivity contribution in [3.05, 3.63) is 48.3 Å². The molecule has 4 nitrogen and oxygen atoms in total. The Bertz CT molecular complexity index is 489. The van der Waals surface area contributed by atoms with Crippen LogP contribution >= 0.6 is 0 Å². The summed E-state index contributed by atoms with van der Waals surface area (Å²) in [6, 6.07) is 10.2. The lowest BCUT2D eigenvalue weighted by Crippen LogP contribution is -2.20. The fourth-order valence-electron chi connectivity index (χ4n) is 2.20. The third kappa shape index (κ3) is 2.54. The van der Waals surface area contributed by atoms with Crippen LogP contribution in [-0.4, -0.2) is 16.3 Å². The molecule has 1 aliphatic heterocycles. The van der Waals surface area contributed by atoms with Crippen LogP contribution in [0.5, 0.6) is 5.75 Å². The highest BCUT2D eigenvalue weighted by Gasteiger charge is 2.16. The number of hydrogen-bond donors (Lipinski definition) is 1. The second kappa shape index (κ2) is 5.23. The van der Waals surface area contributed by atoms with Crippen LogP contribution in [0.25, 0.3) is 0 Å². The summed E-state index contributed by atoms with van der Waals surface area (Å²) in [5.41, 5.74) is 1.17. The van der Waals surface area contributed by atoms with E-state index in [1.807, 2.05) is 29.1 Å². The Morgan fingerprint density at radius 1 is 1.33 bits per heavy atom. The average molecular weight is 243 g/mol. The first-order valence-electron chi connectivity index (χ1n) is 6.36. The zero-order valence-electron chi connectivity index (χ0n) is 10.2. The highest BCUT2D eigenvalue weighted by Crippen LogP contribution is 2.19. The molecule has 1 unspecified atom stereocenters. The molecule has 1 aromatic heterocycles. The van der Waals surface area contributed by atoms with E-state index in [2.05, 4.69) is 22.5 Å². The minimum Gasteiger partial charge on any atom is -0.486 e. The van der Waals surface area contributed by atoms with E-state index in [1.54, 1.807) is 6.20 Å². The fraction of sp³-hybridized carbons (Fsp3) is 0.357. The molecule has 0 bridgehead atoms. The summed E-state index contributed by atoms with van der Waals surface area (Å²) in [5.74, 6) is 0.826. The molecule has 0 aliphatic carbocycles. The Hall–Kier alpha value is -1.81. The van der Waals surface area contributed by atoms with Crippen LogP contribution in [0.3, 0.4) is 0 Å². The van der Waals surface area contributed by atoms with E-state index in [0.29, 0.717) is 12.8 Å². The molecule has 2 aromatic rings. The molecule has 94 valence electrons. The van der Waals surface area contributed by atoms with Crippen molar-refractivity contribution in [2.24, 2.45) is 0 Å². The predicted molar refractivity (Wildman–Crippen MR) is 69.3 cm³/mol. The summed E-state index contributed by atoms with van der Waals surface area (Å²) in [6.45, 7) is 1.66. The Labute approximate surface area is 107 Å². The maximum absolute atomic E-state index is 5.72. The van der Waals surface area contributed by atoms with Crippen molar-refractivity contribution in [1.29, 1.82) is 0 Å². The van der Waals surface area contributed by atoms with E-state index >= 15 is 0 Å². The molecule has 18 heavy (non-hydrogen) atoms. The lowest BCUT2D eigenvalue weighted by molar-refractivity contribution is 0.304. The van der Waals surface area contributed by atoms with Gasteiger partial charge in [0.25, 0.3) is 0 Å². The molecule has 1 aromatic carbocycles. The standard InChI is InChI=1S/C14H17N3O/c1-2-5-12(6-3-1)11-18-13-9-16-17(10-13)14-7-4-8-15-14/h1-3,5-6,9-10,14-15H,4,7-8,11H2. The van der Waals surface area contributed by atoms with E-state index in [1.165, 1.54) is 12.0 Å². The third-order valence-corrected chi connectivity index (χ3v) is 3.18. The van der Waals surface area contributed by atoms with Gasteiger partial charge in [-0.25, -0.2) is 0 Å². The average Bonchev–Trinajstić information content (AvgIpc) is 3.08. The summed E-state index contributed by atoms with van der Waals surface area (Å²) in [7, 11) is 0. The fourth-order valence-corrected chi connectivity index (χ4v) is 2.20. The molecule has 1 aliphatic rings. The Balaban J connectivity index is 1.60. The van der Waals surface area contributed by atoms with Crippen molar-refractivity contribution in [2.45, 2.75) is 25.6 Å². The molecule has 3 rings (SSSR count). The molecule has 1 saturated heterocycles. The molecule has 1 atom stereocenters. The largest absolute Gasteiger partial charge is 0.486 e. The normalized spacial score (nSPS) is 19.0. The molecule has 2 heterocycles. The molecular weight excluding hydrogens is 226 g/mol. The van der Waals surface area contributed by atoms with Gasteiger partial charge in [-0.2, -0.15) is 5.10 Å². The molecule has 4 heteroatoms. The summed E-state index contributed by atoms with van der Waals surface area (Å²) >= 11 is 0. The van der Waals surface area contributed by atoms with E-state index in [0.717, 1.165) is 18.7 Å². The first-order valence-corrected chi connectivity index (χ1v) is 6.36. The number of aromatic nitrogens is 2. The highest BCUT2D eigenvalue weighted by molar-refractivity contribution is 5.17. The predicted octanol–water partition coefficient (Wildman–Crippen LogP) is 2.34. The Kier molecular flexibility index (Phi) is 3.28. The molecular formula is C14H17N3O. The minimum absolute atomic E-state index is 0.332. The number of benzene rings is 1. The number of ether oxygens (including phenoxy) is 1. The van der Waals surface area contributed by atoms with Crippen molar-refractivity contribution >= 4 is 0 Å². The molecule has 1 N–H and O–H groups in total. The molecule has 0 amide bonds. The van der Waals surface area contributed by atoms with Crippen molar-refractivity contribution in [1.82, 2.24) is 15.1 Å². The number of nitrogens with zero attached hydrogens (tertiary/aromatic N) is 2. The lowest BCUT2D eigenvalue weighted by Gasteiger charge is -2.09. The summed E-state index contributed by atoms with van der Waals surface area (Å²) in [5, 5.41) is 7.74. The Morgan fingerprint density at radius 2 is 2.22 bits per heavy atom. The van der Waals surface area contributed by atoms with E-state index in [-0.39, 0.29) is 0 Å². The number of rotatable bonds is 4. The van der Waals surface area contributed by atoms with Gasteiger partial charge in [-0.05, 0) is 24.9 Å². The number of hydrogen-bond acceptors (Lipinski definition) is 3. The zero-order valence-corrected chi connectivity index (χ0v) is 10.2. The molecule has 1 fully saturated rings. The van der Waals surface area contributed by atoms with Crippen molar-refractivity contribution in [3.63, 3.8) is 0 Å². The minimum atomic E-state index is 0.332. The van der Waals surface area contributed by atoms with Gasteiger partial charge in [-0.3, -0.25) is 10.00 Å². The van der Waals surface area contributed by atoms with E-state index in [9.17, 15) is 0 Å². The number of nitrogens with one attached hydrogen (secondary N) is 1. The van der Waals surface area contributed by atoms with Crippen LogP contribution in [0.1, 0.15) is 24.6 Å². The molecule has 0 radical (unpaired) electrons. The van der Waals surface area contributed by atoms with Crippen LogP contribution in [0.15, 0.2) is 42.7 Å². The van der Waals surface area contributed by atoms with Crippen LogP contribution in [0, 0.1) is 0 Å². The van der Waals surface area contributed by atoms with Gasteiger partial charge in [0.1, 0.15) is 12.8 Å². The van der Waals surface area contributed by atoms with Gasteiger partial charge >= 0.3 is 0 Å². The van der Waals surface area contributed by atoms with Crippen molar-refractivity contribution < 1.29 is 4.74 Å². The van der Waals surface area contributed by atoms with Gasteiger partial charge in [0.2, 0.25) is 0 Å². The summed E-state index contributed by atoms with van der Waals surface area (Å²) in [4.78, 5) is 0. The third-order valence-electron chi connectivity index (χ3n) is 3.18. The maximum atomic E-state index is 5.72. The second-order valence-corrected chi connectivity index (χ2v) is 4.54. The van der Waals surface area contributed by atoms with Crippen LogP contribution < -0.4 is 10.1 Å². The quantitative estimate of drug-likeness (QED) is 0.896. The van der Waals surface area contributed by atoms with Crippen LogP contribution in [-0.2, 0) is 6.61 Å². The Morgan fingerprint density at radius 3 is 3.00 bits per heavy atom. The van der Waals surface area contributed by atoms with Gasteiger partial charge in [-0.1, -0.05) is 30.3 Å². The van der Waals surface area contributed by atoms with Gasteiger partial charge in [-0.15, -0.1) is 0 Å². The summed E-state index contributed by atoms with van der Waals surface area (Å²) in [6.07, 6.45) is 6.43. The van der Waals surface area contributed by atoms with Gasteiger partial charge in [0.05, 0.1) is 12.4 Å². The van der Waals surface area contributed by atoms with Gasteiger partial charge in [0.15, 0.2) is 5.75 Å². The van der Waals surface area contributed by atoms with Crippen molar-refractivity contribution in [2.75, 3.05) is 6.54 Å². The van der Waals surface area contributed by atoms with Crippen LogP contribution in [0.4, 0.5) is 0 Å². The maximum Gasteiger partial charge on any atom is 0.157 e. The van der Waals surface area contributed by atoms with Gasteiger partial charge in [0, 0.05) is 0 Å². The van der Waals surface area contributed by atoms with E-state index in [4.69, 9.17) is 4.74 Å². The summed E-state index contributed by atoms with van der Waals surface area (Å²) < 4.78 is 7.67. The highest BCUT2D eigenvalue weighted by atomic mass is 16.5. The van der Waals surface area contributed by atoms with Gasteiger partial charge < -0.3 is 4.74 Å². The van der Waals surface area contributed by atoms with Crippen molar-refractivity contribution in [3.8, 4) is 5.75 Å². The second-order valence-electron chi connectivity index (χ2n) is 4.54. The molecule has 0 spiro atoms. The van der Waals surface area contributed by atoms with E-state index < -0.39 is 0 Å².